The van der Waals surface area contributed by atoms with E-state index in [-0.39, 0.29) is 5.78 Å². The fraction of sp³-hybridized carbons (Fsp3) is 0.400. The molecule has 1 saturated carbocycles. The predicted molar refractivity (Wildman–Crippen MR) is 72.7 cm³/mol. The molecule has 20 heavy (non-hydrogen) atoms. The second-order valence-electron chi connectivity index (χ2n) is 5.18. The summed E-state index contributed by atoms with van der Waals surface area (Å²) in [6.45, 7) is 1.45. The second-order valence-corrected chi connectivity index (χ2v) is 5.18. The van der Waals surface area contributed by atoms with Crippen LogP contribution in [0.3, 0.4) is 0 Å². The van der Waals surface area contributed by atoms with Crippen LogP contribution in [0.5, 0.6) is 0 Å². The summed E-state index contributed by atoms with van der Waals surface area (Å²) in [6, 6.07) is 6.21. The van der Waals surface area contributed by atoms with Gasteiger partial charge in [0.05, 0.1) is 0 Å². The normalized spacial score (nSPS) is 16.6. The van der Waals surface area contributed by atoms with Crippen LogP contribution in [0.25, 0.3) is 0 Å². The van der Waals surface area contributed by atoms with Crippen LogP contribution >= 0.6 is 0 Å². The number of nitrogens with one attached hydrogen (secondary N) is 1. The summed E-state index contributed by atoms with van der Waals surface area (Å²) in [7, 11) is 0. The van der Waals surface area contributed by atoms with Gasteiger partial charge in [0.25, 0.3) is 5.91 Å². The summed E-state index contributed by atoms with van der Waals surface area (Å²) >= 11 is 0. The highest BCUT2D eigenvalue weighted by molar-refractivity contribution is 5.99. The van der Waals surface area contributed by atoms with Gasteiger partial charge in [-0.25, -0.2) is 4.79 Å². The van der Waals surface area contributed by atoms with Crippen LogP contribution in [0.4, 0.5) is 0 Å². The summed E-state index contributed by atoms with van der Waals surface area (Å²) < 4.78 is 0. The Balaban J connectivity index is 2.15. The molecule has 0 atom stereocenters. The van der Waals surface area contributed by atoms with Crippen molar-refractivity contribution in [3.63, 3.8) is 0 Å². The minimum absolute atomic E-state index is 0.0743. The van der Waals surface area contributed by atoms with Crippen molar-refractivity contribution in [2.75, 3.05) is 0 Å². The molecule has 5 nitrogen and oxygen atoms in total. The van der Waals surface area contributed by atoms with Gasteiger partial charge in [-0.1, -0.05) is 25.0 Å². The maximum atomic E-state index is 12.1. The van der Waals surface area contributed by atoms with E-state index in [2.05, 4.69) is 5.32 Å². The minimum atomic E-state index is -1.14. The van der Waals surface area contributed by atoms with E-state index >= 15 is 0 Å². The van der Waals surface area contributed by atoms with Gasteiger partial charge in [0, 0.05) is 11.1 Å². The molecule has 1 aromatic carbocycles. The molecule has 0 aromatic heterocycles. The van der Waals surface area contributed by atoms with Gasteiger partial charge in [0.15, 0.2) is 5.78 Å². The summed E-state index contributed by atoms with van der Waals surface area (Å²) in [5.74, 6) is -1.47. The van der Waals surface area contributed by atoms with E-state index < -0.39 is 17.4 Å². The first-order chi connectivity index (χ1) is 9.44. The van der Waals surface area contributed by atoms with Crippen LogP contribution in [0.2, 0.25) is 0 Å². The Morgan fingerprint density at radius 3 is 2.00 bits per heavy atom. The van der Waals surface area contributed by atoms with E-state index in [4.69, 9.17) is 0 Å². The Kier molecular flexibility index (Phi) is 3.88. The average Bonchev–Trinajstić information content (AvgIpc) is 2.88. The highest BCUT2D eigenvalue weighted by Crippen LogP contribution is 2.30. The number of benzene rings is 1. The number of Topliss-reactive ketones (excluding diaryl/α,β-unsaturated/α-hetero) is 1. The number of amides is 1. The van der Waals surface area contributed by atoms with Crippen molar-refractivity contribution in [2.45, 2.75) is 38.1 Å². The fourth-order valence-electron chi connectivity index (χ4n) is 2.52. The Morgan fingerprint density at radius 2 is 1.55 bits per heavy atom. The highest BCUT2D eigenvalue weighted by Gasteiger charge is 2.42. The van der Waals surface area contributed by atoms with E-state index in [1.165, 1.54) is 19.1 Å². The van der Waals surface area contributed by atoms with Gasteiger partial charge in [0.1, 0.15) is 5.54 Å². The third-order valence-corrected chi connectivity index (χ3v) is 3.77. The van der Waals surface area contributed by atoms with Gasteiger partial charge in [0.2, 0.25) is 0 Å². The fourth-order valence-corrected chi connectivity index (χ4v) is 2.52. The van der Waals surface area contributed by atoms with Crippen molar-refractivity contribution in [1.29, 1.82) is 0 Å². The molecule has 2 rings (SSSR count). The molecule has 0 saturated heterocycles. The number of hydrogen-bond donors (Lipinski definition) is 2. The van der Waals surface area contributed by atoms with E-state index in [0.29, 0.717) is 24.0 Å². The summed E-state index contributed by atoms with van der Waals surface area (Å²) in [6.07, 6.45) is 2.52. The Morgan fingerprint density at radius 1 is 1.05 bits per heavy atom. The molecular weight excluding hydrogens is 258 g/mol. The molecule has 0 aliphatic heterocycles. The number of aliphatic carboxylic acids is 1. The number of carboxylic acid groups (broad SMARTS) is 1. The number of carboxylic acids is 1. The van der Waals surface area contributed by atoms with Crippen molar-refractivity contribution < 1.29 is 19.5 Å². The smallest absolute Gasteiger partial charge is 0.329 e. The number of rotatable bonds is 4. The SMILES string of the molecule is CC(=O)c1ccc(C(=O)NC2(C(=O)O)CCCC2)cc1. The van der Waals surface area contributed by atoms with Crippen molar-refractivity contribution in [3.05, 3.63) is 35.4 Å². The van der Waals surface area contributed by atoms with Crippen LogP contribution in [0, 0.1) is 0 Å². The lowest BCUT2D eigenvalue weighted by atomic mass is 9.97. The number of carbonyl (C=O) groups excluding carboxylic acids is 2. The third kappa shape index (κ3) is 2.71. The van der Waals surface area contributed by atoms with Crippen molar-refractivity contribution in [1.82, 2.24) is 5.32 Å². The molecule has 0 unspecified atom stereocenters. The molecule has 0 spiro atoms. The molecule has 0 bridgehead atoms. The molecule has 5 heteroatoms. The van der Waals surface area contributed by atoms with E-state index in [1.54, 1.807) is 12.1 Å². The molecule has 106 valence electrons. The zero-order valence-electron chi connectivity index (χ0n) is 11.3. The van der Waals surface area contributed by atoms with Gasteiger partial charge in [-0.15, -0.1) is 0 Å². The first-order valence-corrected chi connectivity index (χ1v) is 6.61. The molecule has 1 fully saturated rings. The van der Waals surface area contributed by atoms with Crippen LogP contribution in [-0.4, -0.2) is 28.3 Å². The van der Waals surface area contributed by atoms with Crippen LogP contribution in [-0.2, 0) is 4.79 Å². The van der Waals surface area contributed by atoms with Gasteiger partial charge in [-0.3, -0.25) is 9.59 Å². The predicted octanol–water partition coefficient (Wildman–Crippen LogP) is 2.02. The van der Waals surface area contributed by atoms with Gasteiger partial charge < -0.3 is 10.4 Å². The van der Waals surface area contributed by atoms with E-state index in [0.717, 1.165) is 12.8 Å². The average molecular weight is 275 g/mol. The van der Waals surface area contributed by atoms with Crippen LogP contribution < -0.4 is 5.32 Å². The quantitative estimate of drug-likeness (QED) is 0.823. The maximum absolute atomic E-state index is 12.1. The monoisotopic (exact) mass is 275 g/mol. The summed E-state index contributed by atoms with van der Waals surface area (Å²) in [5.41, 5.74) is -0.256. The molecular formula is C15H17NO4. The highest BCUT2D eigenvalue weighted by atomic mass is 16.4. The first-order valence-electron chi connectivity index (χ1n) is 6.61. The largest absolute Gasteiger partial charge is 0.480 e. The lowest BCUT2D eigenvalue weighted by molar-refractivity contribution is -0.144. The third-order valence-electron chi connectivity index (χ3n) is 3.77. The lowest BCUT2D eigenvalue weighted by Crippen LogP contribution is -2.52. The second kappa shape index (κ2) is 5.45. The maximum Gasteiger partial charge on any atom is 0.329 e. The Bertz CT molecular complexity index is 541. The zero-order valence-corrected chi connectivity index (χ0v) is 11.3. The first kappa shape index (κ1) is 14.2. The van der Waals surface area contributed by atoms with Crippen molar-refractivity contribution >= 4 is 17.7 Å². The van der Waals surface area contributed by atoms with Crippen LogP contribution in [0.1, 0.15) is 53.3 Å². The van der Waals surface area contributed by atoms with Crippen LogP contribution in [0.15, 0.2) is 24.3 Å². The zero-order chi connectivity index (χ0) is 14.8. The Hall–Kier alpha value is -2.17. The van der Waals surface area contributed by atoms with Gasteiger partial charge >= 0.3 is 5.97 Å². The summed E-state index contributed by atoms with van der Waals surface area (Å²) in [5, 5.41) is 12.0. The minimum Gasteiger partial charge on any atom is -0.480 e. The van der Waals surface area contributed by atoms with Gasteiger partial charge in [-0.2, -0.15) is 0 Å². The molecule has 1 aliphatic rings. The number of hydrogen-bond acceptors (Lipinski definition) is 3. The standard InChI is InChI=1S/C15H17NO4/c1-10(17)11-4-6-12(7-5-11)13(18)16-15(14(19)20)8-2-3-9-15/h4-7H,2-3,8-9H2,1H3,(H,16,18)(H,19,20). The molecule has 1 aliphatic carbocycles. The van der Waals surface area contributed by atoms with Gasteiger partial charge in [-0.05, 0) is 31.9 Å². The molecule has 0 radical (unpaired) electrons. The molecule has 1 amide bonds. The van der Waals surface area contributed by atoms with E-state index in [9.17, 15) is 19.5 Å². The number of carbonyl (C=O) groups is 3. The number of ketones is 1. The van der Waals surface area contributed by atoms with Crippen molar-refractivity contribution in [3.8, 4) is 0 Å². The Labute approximate surface area is 117 Å². The molecule has 2 N–H and O–H groups in total. The van der Waals surface area contributed by atoms with E-state index in [1.807, 2.05) is 0 Å². The molecule has 0 heterocycles. The summed E-state index contributed by atoms with van der Waals surface area (Å²) in [4.78, 5) is 34.7. The lowest BCUT2D eigenvalue weighted by Gasteiger charge is -2.25. The molecule has 1 aromatic rings. The topological polar surface area (TPSA) is 83.5 Å². The van der Waals surface area contributed by atoms with Crippen molar-refractivity contribution in [2.24, 2.45) is 0 Å².